The Hall–Kier alpha value is -1.17. The van der Waals surface area contributed by atoms with Gasteiger partial charge in [-0.05, 0) is 37.3 Å². The Balaban J connectivity index is 2.07. The highest BCUT2D eigenvalue weighted by atomic mass is 79.9. The minimum absolute atomic E-state index is 0.247. The van der Waals surface area contributed by atoms with Crippen molar-refractivity contribution in [3.8, 4) is 0 Å². The van der Waals surface area contributed by atoms with Crippen LogP contribution in [0.4, 0.5) is 0 Å². The van der Waals surface area contributed by atoms with Gasteiger partial charge < -0.3 is 0 Å². The van der Waals surface area contributed by atoms with Gasteiger partial charge in [0.15, 0.2) is 0 Å². The summed E-state index contributed by atoms with van der Waals surface area (Å²) < 4.78 is 1.55. The fraction of sp³-hybridized carbons (Fsp3) is 0.0769. The third kappa shape index (κ3) is 3.89. The first-order chi connectivity index (χ1) is 9.06. The molecule has 0 saturated heterocycles. The number of halogens is 2. The van der Waals surface area contributed by atoms with Crippen LogP contribution in [0.3, 0.4) is 0 Å². The fourth-order valence-corrected chi connectivity index (χ4v) is 2.78. The first-order valence-corrected chi connectivity index (χ1v) is 7.41. The van der Waals surface area contributed by atoms with Crippen LogP contribution in [0, 0.1) is 0 Å². The quantitative estimate of drug-likeness (QED) is 0.645. The smallest absolute Gasteiger partial charge is 0.267 e. The summed E-state index contributed by atoms with van der Waals surface area (Å²) in [6.45, 7) is 1.82. The van der Waals surface area contributed by atoms with E-state index in [1.165, 1.54) is 11.3 Å². The highest BCUT2D eigenvalue weighted by Crippen LogP contribution is 2.21. The number of thiophene rings is 1. The van der Waals surface area contributed by atoms with Crippen LogP contribution in [0.5, 0.6) is 0 Å². The average Bonchev–Trinajstić information content (AvgIpc) is 2.82. The molecule has 1 amide bonds. The molecule has 2 aromatic rings. The summed E-state index contributed by atoms with van der Waals surface area (Å²) in [5.74, 6) is -0.247. The predicted octanol–water partition coefficient (Wildman–Crippen LogP) is 4.32. The molecule has 1 N–H and O–H groups in total. The van der Waals surface area contributed by atoms with Gasteiger partial charge in [-0.15, -0.1) is 11.3 Å². The molecule has 0 aliphatic carbocycles. The Morgan fingerprint density at radius 2 is 2.16 bits per heavy atom. The Bertz CT molecular complexity index is 639. The molecule has 3 nitrogen and oxygen atoms in total. The van der Waals surface area contributed by atoms with Gasteiger partial charge in [0.2, 0.25) is 0 Å². The van der Waals surface area contributed by atoms with E-state index in [2.05, 4.69) is 26.5 Å². The monoisotopic (exact) mass is 356 g/mol. The summed E-state index contributed by atoms with van der Waals surface area (Å²) in [7, 11) is 0. The molecule has 1 heterocycles. The molecule has 0 spiro atoms. The van der Waals surface area contributed by atoms with E-state index in [0.29, 0.717) is 9.90 Å². The minimum Gasteiger partial charge on any atom is -0.267 e. The molecule has 0 bridgehead atoms. The maximum atomic E-state index is 11.9. The molecule has 0 aliphatic rings. The second kappa shape index (κ2) is 6.32. The van der Waals surface area contributed by atoms with E-state index in [4.69, 9.17) is 11.6 Å². The van der Waals surface area contributed by atoms with Crippen molar-refractivity contribution in [3.63, 3.8) is 0 Å². The van der Waals surface area contributed by atoms with E-state index in [0.717, 1.165) is 15.1 Å². The highest BCUT2D eigenvalue weighted by Gasteiger charge is 2.06. The van der Waals surface area contributed by atoms with E-state index in [1.54, 1.807) is 24.3 Å². The second-order valence-electron chi connectivity index (χ2n) is 3.75. The Labute approximate surface area is 128 Å². The summed E-state index contributed by atoms with van der Waals surface area (Å²) >= 11 is 10.6. The molecule has 0 saturated carbocycles. The van der Waals surface area contributed by atoms with Crippen LogP contribution < -0.4 is 5.43 Å². The van der Waals surface area contributed by atoms with Crippen molar-refractivity contribution in [1.29, 1.82) is 0 Å². The van der Waals surface area contributed by atoms with E-state index in [1.807, 2.05) is 19.1 Å². The highest BCUT2D eigenvalue weighted by molar-refractivity contribution is 9.10. The molecule has 1 aromatic carbocycles. The standard InChI is InChI=1S/C13H10BrClN2OS/c1-8(11-5-6-12(15)19-11)16-17-13(18)9-3-2-4-10(14)7-9/h2-7H,1H3,(H,17,18)/b16-8+. The van der Waals surface area contributed by atoms with Gasteiger partial charge in [-0.25, -0.2) is 5.43 Å². The van der Waals surface area contributed by atoms with Crippen molar-refractivity contribution < 1.29 is 4.79 Å². The van der Waals surface area contributed by atoms with Crippen LogP contribution in [-0.4, -0.2) is 11.6 Å². The van der Waals surface area contributed by atoms with Crippen molar-refractivity contribution in [2.75, 3.05) is 0 Å². The maximum Gasteiger partial charge on any atom is 0.271 e. The van der Waals surface area contributed by atoms with Crippen LogP contribution in [-0.2, 0) is 0 Å². The van der Waals surface area contributed by atoms with Crippen LogP contribution >= 0.6 is 38.9 Å². The molecular weight excluding hydrogens is 348 g/mol. The number of hydrazone groups is 1. The van der Waals surface area contributed by atoms with E-state index >= 15 is 0 Å². The number of hydrogen-bond donors (Lipinski definition) is 1. The molecular formula is C13H10BrClN2OS. The second-order valence-corrected chi connectivity index (χ2v) is 6.38. The van der Waals surface area contributed by atoms with Gasteiger partial charge >= 0.3 is 0 Å². The molecule has 0 atom stereocenters. The lowest BCUT2D eigenvalue weighted by Crippen LogP contribution is -2.19. The Kier molecular flexibility index (Phi) is 4.74. The first-order valence-electron chi connectivity index (χ1n) is 5.42. The van der Waals surface area contributed by atoms with Crippen LogP contribution in [0.1, 0.15) is 22.2 Å². The molecule has 0 fully saturated rings. The van der Waals surface area contributed by atoms with Crippen LogP contribution in [0.15, 0.2) is 46.0 Å². The molecule has 2 rings (SSSR count). The van der Waals surface area contributed by atoms with Gasteiger partial charge in [0.25, 0.3) is 5.91 Å². The first kappa shape index (κ1) is 14.2. The molecule has 0 aliphatic heterocycles. The summed E-state index contributed by atoms with van der Waals surface area (Å²) in [6, 6.07) is 10.8. The minimum atomic E-state index is -0.247. The van der Waals surface area contributed by atoms with Gasteiger partial charge in [0.05, 0.1) is 14.9 Å². The molecule has 98 valence electrons. The topological polar surface area (TPSA) is 41.5 Å². The van der Waals surface area contributed by atoms with E-state index in [-0.39, 0.29) is 5.91 Å². The van der Waals surface area contributed by atoms with Gasteiger partial charge in [-0.3, -0.25) is 4.79 Å². The molecule has 0 radical (unpaired) electrons. The molecule has 6 heteroatoms. The van der Waals surface area contributed by atoms with Gasteiger partial charge in [0, 0.05) is 10.0 Å². The van der Waals surface area contributed by atoms with Crippen molar-refractivity contribution >= 4 is 50.5 Å². The lowest BCUT2D eigenvalue weighted by molar-refractivity contribution is 0.0955. The SMILES string of the molecule is C/C(=N\NC(=O)c1cccc(Br)c1)c1ccc(Cl)s1. The van der Waals surface area contributed by atoms with Crippen LogP contribution in [0.25, 0.3) is 0 Å². The van der Waals surface area contributed by atoms with Gasteiger partial charge in [-0.1, -0.05) is 33.6 Å². The third-order valence-electron chi connectivity index (χ3n) is 2.34. The Morgan fingerprint density at radius 1 is 1.37 bits per heavy atom. The van der Waals surface area contributed by atoms with Crippen molar-refractivity contribution in [2.24, 2.45) is 5.10 Å². The van der Waals surface area contributed by atoms with E-state index in [9.17, 15) is 4.79 Å². The summed E-state index contributed by atoms with van der Waals surface area (Å²) in [5.41, 5.74) is 3.80. The number of carbonyl (C=O) groups is 1. The Morgan fingerprint density at radius 3 is 2.79 bits per heavy atom. The van der Waals surface area contributed by atoms with Gasteiger partial charge in [0.1, 0.15) is 0 Å². The largest absolute Gasteiger partial charge is 0.271 e. The lowest BCUT2D eigenvalue weighted by atomic mass is 10.2. The van der Waals surface area contributed by atoms with E-state index < -0.39 is 0 Å². The number of nitrogens with one attached hydrogen (secondary N) is 1. The molecule has 0 unspecified atom stereocenters. The zero-order valence-corrected chi connectivity index (χ0v) is 13.1. The molecule has 1 aromatic heterocycles. The number of carbonyl (C=O) groups excluding carboxylic acids is 1. The number of benzene rings is 1. The summed E-state index contributed by atoms with van der Waals surface area (Å²) in [5, 5.41) is 4.07. The summed E-state index contributed by atoms with van der Waals surface area (Å²) in [6.07, 6.45) is 0. The summed E-state index contributed by atoms with van der Waals surface area (Å²) in [4.78, 5) is 12.8. The fourth-order valence-electron chi connectivity index (χ4n) is 1.39. The van der Waals surface area contributed by atoms with Crippen molar-refractivity contribution in [1.82, 2.24) is 5.43 Å². The zero-order chi connectivity index (χ0) is 13.8. The number of nitrogens with zero attached hydrogens (tertiary/aromatic N) is 1. The average molecular weight is 358 g/mol. The number of amides is 1. The molecule has 19 heavy (non-hydrogen) atoms. The zero-order valence-electron chi connectivity index (χ0n) is 9.98. The van der Waals surface area contributed by atoms with Crippen molar-refractivity contribution in [3.05, 3.63) is 55.6 Å². The van der Waals surface area contributed by atoms with Gasteiger partial charge in [-0.2, -0.15) is 5.10 Å². The predicted molar refractivity (Wildman–Crippen MR) is 83.1 cm³/mol. The normalized spacial score (nSPS) is 11.4. The number of rotatable bonds is 3. The maximum absolute atomic E-state index is 11.9. The third-order valence-corrected chi connectivity index (χ3v) is 4.17. The van der Waals surface area contributed by atoms with Crippen LogP contribution in [0.2, 0.25) is 4.34 Å². The van der Waals surface area contributed by atoms with Crippen molar-refractivity contribution in [2.45, 2.75) is 6.92 Å². The number of hydrogen-bond acceptors (Lipinski definition) is 3. The lowest BCUT2D eigenvalue weighted by Gasteiger charge is -2.01.